The minimum absolute atomic E-state index is 0.0850. The van der Waals surface area contributed by atoms with E-state index in [0.717, 1.165) is 28.1 Å². The predicted octanol–water partition coefficient (Wildman–Crippen LogP) is 4.44. The van der Waals surface area contributed by atoms with E-state index < -0.39 is 4.92 Å². The lowest BCUT2D eigenvalue weighted by atomic mass is 9.98. The second-order valence-corrected chi connectivity index (χ2v) is 6.48. The third kappa shape index (κ3) is 3.84. The van der Waals surface area contributed by atoms with Crippen molar-refractivity contribution >= 4 is 5.69 Å². The van der Waals surface area contributed by atoms with E-state index in [-0.39, 0.29) is 5.69 Å². The van der Waals surface area contributed by atoms with Gasteiger partial charge in [0.25, 0.3) is 5.69 Å². The molecule has 0 amide bonds. The molecule has 0 saturated heterocycles. The summed E-state index contributed by atoms with van der Waals surface area (Å²) in [7, 11) is 1.62. The standard InChI is InChI=1S/C22H18N4O3/c1-29-22-9-5-4-8-21(22)25-15-20(23-24-25)19-7-3-2-6-17(19)14-16-10-12-18(13-11-16)26(27)28/h2-13,15H,14H2,1H3. The van der Waals surface area contributed by atoms with Gasteiger partial charge in [-0.15, -0.1) is 5.10 Å². The lowest BCUT2D eigenvalue weighted by Crippen LogP contribution is -1.98. The number of hydrogen-bond acceptors (Lipinski definition) is 5. The molecule has 4 rings (SSSR count). The van der Waals surface area contributed by atoms with Crippen LogP contribution in [0.2, 0.25) is 0 Å². The maximum absolute atomic E-state index is 10.9. The number of ether oxygens (including phenoxy) is 1. The van der Waals surface area contributed by atoms with Gasteiger partial charge in [-0.2, -0.15) is 0 Å². The Kier molecular flexibility index (Phi) is 5.03. The number of nitrogens with zero attached hydrogens (tertiary/aromatic N) is 4. The number of benzene rings is 3. The minimum Gasteiger partial charge on any atom is -0.494 e. The molecule has 29 heavy (non-hydrogen) atoms. The summed E-state index contributed by atoms with van der Waals surface area (Å²) in [5.41, 5.74) is 4.65. The average molecular weight is 386 g/mol. The van der Waals surface area contributed by atoms with Crippen molar-refractivity contribution in [2.45, 2.75) is 6.42 Å². The lowest BCUT2D eigenvalue weighted by Gasteiger charge is -2.08. The van der Waals surface area contributed by atoms with Crippen molar-refractivity contribution in [3.8, 4) is 22.7 Å². The first-order valence-corrected chi connectivity index (χ1v) is 9.03. The maximum Gasteiger partial charge on any atom is 0.269 e. The van der Waals surface area contributed by atoms with E-state index >= 15 is 0 Å². The summed E-state index contributed by atoms with van der Waals surface area (Å²) in [6.07, 6.45) is 2.50. The van der Waals surface area contributed by atoms with Crippen LogP contribution in [0.5, 0.6) is 5.75 Å². The molecule has 0 aliphatic rings. The van der Waals surface area contributed by atoms with Gasteiger partial charge in [0.15, 0.2) is 0 Å². The lowest BCUT2D eigenvalue weighted by molar-refractivity contribution is -0.384. The Labute approximate surface area is 167 Å². The van der Waals surface area contributed by atoms with E-state index in [1.165, 1.54) is 12.1 Å². The fourth-order valence-corrected chi connectivity index (χ4v) is 3.20. The smallest absolute Gasteiger partial charge is 0.269 e. The maximum atomic E-state index is 10.9. The Hall–Kier alpha value is -4.00. The molecule has 1 aromatic heterocycles. The SMILES string of the molecule is COc1ccccc1-n1cc(-c2ccccc2Cc2ccc([N+](=O)[O-])cc2)nn1. The average Bonchev–Trinajstić information content (AvgIpc) is 3.24. The first-order chi connectivity index (χ1) is 14.2. The Morgan fingerprint density at radius 1 is 1.00 bits per heavy atom. The van der Waals surface area contributed by atoms with Crippen molar-refractivity contribution in [2.24, 2.45) is 0 Å². The van der Waals surface area contributed by atoms with Crippen LogP contribution in [-0.2, 0) is 6.42 Å². The molecule has 0 fully saturated rings. The van der Waals surface area contributed by atoms with Gasteiger partial charge >= 0.3 is 0 Å². The van der Waals surface area contributed by atoms with Crippen molar-refractivity contribution in [1.29, 1.82) is 0 Å². The quantitative estimate of drug-likeness (QED) is 0.361. The highest BCUT2D eigenvalue weighted by atomic mass is 16.6. The molecule has 144 valence electrons. The first kappa shape index (κ1) is 18.4. The summed E-state index contributed by atoms with van der Waals surface area (Å²) in [6, 6.07) is 22.2. The number of hydrogen-bond donors (Lipinski definition) is 0. The number of methoxy groups -OCH3 is 1. The van der Waals surface area contributed by atoms with Gasteiger partial charge in [0.05, 0.1) is 18.2 Å². The van der Waals surface area contributed by atoms with E-state index in [1.807, 2.05) is 54.7 Å². The summed E-state index contributed by atoms with van der Waals surface area (Å²) >= 11 is 0. The molecule has 0 N–H and O–H groups in total. The normalized spacial score (nSPS) is 10.7. The topological polar surface area (TPSA) is 83.1 Å². The van der Waals surface area contributed by atoms with E-state index in [2.05, 4.69) is 10.3 Å². The van der Waals surface area contributed by atoms with Gasteiger partial charge in [-0.1, -0.05) is 53.7 Å². The molecular weight excluding hydrogens is 368 g/mol. The third-order valence-electron chi connectivity index (χ3n) is 4.66. The van der Waals surface area contributed by atoms with Crippen LogP contribution in [0.1, 0.15) is 11.1 Å². The van der Waals surface area contributed by atoms with Gasteiger partial charge in [-0.25, -0.2) is 4.68 Å². The summed E-state index contributed by atoms with van der Waals surface area (Å²) in [5, 5.41) is 19.5. The number of rotatable bonds is 6. The molecular formula is C22H18N4O3. The molecule has 0 aliphatic heterocycles. The largest absolute Gasteiger partial charge is 0.494 e. The van der Waals surface area contributed by atoms with Crippen LogP contribution in [0, 0.1) is 10.1 Å². The fourth-order valence-electron chi connectivity index (χ4n) is 3.20. The van der Waals surface area contributed by atoms with E-state index in [9.17, 15) is 10.1 Å². The predicted molar refractivity (Wildman–Crippen MR) is 109 cm³/mol. The van der Waals surface area contributed by atoms with Crippen molar-refractivity contribution in [1.82, 2.24) is 15.0 Å². The monoisotopic (exact) mass is 386 g/mol. The van der Waals surface area contributed by atoms with Crippen molar-refractivity contribution < 1.29 is 9.66 Å². The number of aromatic nitrogens is 3. The zero-order valence-electron chi connectivity index (χ0n) is 15.7. The third-order valence-corrected chi connectivity index (χ3v) is 4.66. The molecule has 1 heterocycles. The van der Waals surface area contributed by atoms with Crippen LogP contribution in [0.3, 0.4) is 0 Å². The van der Waals surface area contributed by atoms with Gasteiger partial charge in [0.1, 0.15) is 17.1 Å². The van der Waals surface area contributed by atoms with Crippen LogP contribution in [0.25, 0.3) is 16.9 Å². The summed E-state index contributed by atoms with van der Waals surface area (Å²) in [6.45, 7) is 0. The van der Waals surface area contributed by atoms with Crippen molar-refractivity contribution in [2.75, 3.05) is 7.11 Å². The number of nitro groups is 1. The summed E-state index contributed by atoms with van der Waals surface area (Å²) < 4.78 is 7.10. The Morgan fingerprint density at radius 3 is 2.48 bits per heavy atom. The molecule has 7 nitrogen and oxygen atoms in total. The molecule has 3 aromatic carbocycles. The Morgan fingerprint density at radius 2 is 1.72 bits per heavy atom. The second-order valence-electron chi connectivity index (χ2n) is 6.48. The Balaban J connectivity index is 1.65. The molecule has 7 heteroatoms. The highest BCUT2D eigenvalue weighted by Gasteiger charge is 2.13. The Bertz CT molecular complexity index is 1150. The minimum atomic E-state index is -0.395. The van der Waals surface area contributed by atoms with Crippen LogP contribution >= 0.6 is 0 Å². The molecule has 0 spiro atoms. The summed E-state index contributed by atoms with van der Waals surface area (Å²) in [4.78, 5) is 10.5. The van der Waals surface area contributed by atoms with E-state index in [1.54, 1.807) is 23.9 Å². The zero-order valence-corrected chi connectivity index (χ0v) is 15.7. The highest BCUT2D eigenvalue weighted by molar-refractivity contribution is 5.64. The van der Waals surface area contributed by atoms with Crippen LogP contribution in [0.15, 0.2) is 79.0 Å². The van der Waals surface area contributed by atoms with E-state index in [4.69, 9.17) is 4.74 Å². The molecule has 0 unspecified atom stereocenters. The molecule has 0 saturated carbocycles. The van der Waals surface area contributed by atoms with Gasteiger partial charge < -0.3 is 4.74 Å². The molecule has 0 atom stereocenters. The molecule has 4 aromatic rings. The van der Waals surface area contributed by atoms with Gasteiger partial charge in [0.2, 0.25) is 0 Å². The zero-order chi connectivity index (χ0) is 20.2. The molecule has 0 bridgehead atoms. The van der Waals surface area contributed by atoms with Crippen LogP contribution in [-0.4, -0.2) is 27.0 Å². The fraction of sp³-hybridized carbons (Fsp3) is 0.0909. The van der Waals surface area contributed by atoms with Crippen LogP contribution in [0.4, 0.5) is 5.69 Å². The summed E-state index contributed by atoms with van der Waals surface area (Å²) in [5.74, 6) is 0.711. The van der Waals surface area contributed by atoms with E-state index in [0.29, 0.717) is 12.2 Å². The van der Waals surface area contributed by atoms with Crippen LogP contribution < -0.4 is 4.74 Å². The van der Waals surface area contributed by atoms with Crippen molar-refractivity contribution in [3.05, 3.63) is 100 Å². The molecule has 0 radical (unpaired) electrons. The second kappa shape index (κ2) is 7.93. The number of non-ortho nitro benzene ring substituents is 1. The highest BCUT2D eigenvalue weighted by Crippen LogP contribution is 2.27. The van der Waals surface area contributed by atoms with Gasteiger partial charge in [-0.3, -0.25) is 10.1 Å². The first-order valence-electron chi connectivity index (χ1n) is 9.03. The number of para-hydroxylation sites is 2. The van der Waals surface area contributed by atoms with Crippen molar-refractivity contribution in [3.63, 3.8) is 0 Å². The molecule has 0 aliphatic carbocycles. The van der Waals surface area contributed by atoms with Gasteiger partial charge in [0, 0.05) is 17.7 Å². The number of nitro benzene ring substituents is 1. The van der Waals surface area contributed by atoms with Gasteiger partial charge in [-0.05, 0) is 29.7 Å².